The van der Waals surface area contributed by atoms with Gasteiger partial charge >= 0.3 is 0 Å². The minimum Gasteiger partial charge on any atom is -0.376 e. The Morgan fingerprint density at radius 1 is 1.28 bits per heavy atom. The van der Waals surface area contributed by atoms with Crippen LogP contribution in [0.25, 0.3) is 22.2 Å². The van der Waals surface area contributed by atoms with E-state index in [0.717, 1.165) is 35.9 Å². The predicted molar refractivity (Wildman–Crippen MR) is 92.8 cm³/mol. The summed E-state index contributed by atoms with van der Waals surface area (Å²) in [6.07, 6.45) is 2.13. The number of hydrogen-bond acceptors (Lipinski definition) is 3. The van der Waals surface area contributed by atoms with Crippen molar-refractivity contribution in [3.63, 3.8) is 0 Å². The highest BCUT2D eigenvalue weighted by molar-refractivity contribution is 6.01. The molecule has 0 radical (unpaired) electrons. The molecule has 2 heterocycles. The van der Waals surface area contributed by atoms with Crippen LogP contribution in [0.15, 0.2) is 42.5 Å². The maximum absolute atomic E-state index is 13.1. The van der Waals surface area contributed by atoms with Crippen molar-refractivity contribution in [2.75, 3.05) is 13.2 Å². The van der Waals surface area contributed by atoms with Crippen LogP contribution in [-0.4, -0.2) is 35.4 Å². The van der Waals surface area contributed by atoms with Crippen LogP contribution in [0.1, 0.15) is 23.2 Å². The number of nitrogens with zero attached hydrogens (tertiary/aromatic N) is 1. The zero-order chi connectivity index (χ0) is 17.2. The van der Waals surface area contributed by atoms with E-state index in [1.807, 2.05) is 12.1 Å². The molecule has 1 aliphatic rings. The Hall–Kier alpha value is -2.73. The summed E-state index contributed by atoms with van der Waals surface area (Å²) in [6.45, 7) is 1.29. The van der Waals surface area contributed by atoms with Gasteiger partial charge in [0.15, 0.2) is 0 Å². The van der Waals surface area contributed by atoms with E-state index in [9.17, 15) is 9.18 Å². The molecule has 1 unspecified atom stereocenters. The minimum absolute atomic E-state index is 0.108. The number of carbonyl (C=O) groups is 1. The molecule has 25 heavy (non-hydrogen) atoms. The van der Waals surface area contributed by atoms with Crippen molar-refractivity contribution in [1.82, 2.24) is 15.5 Å². The number of amides is 1. The number of halogens is 1. The molecule has 6 heteroatoms. The van der Waals surface area contributed by atoms with E-state index in [1.165, 1.54) is 12.1 Å². The summed E-state index contributed by atoms with van der Waals surface area (Å²) in [5, 5.41) is 11.0. The van der Waals surface area contributed by atoms with Crippen LogP contribution in [0.4, 0.5) is 4.39 Å². The Bertz CT molecular complexity index is 899. The van der Waals surface area contributed by atoms with Crippen LogP contribution in [0.5, 0.6) is 0 Å². The lowest BCUT2D eigenvalue weighted by Gasteiger charge is -2.10. The van der Waals surface area contributed by atoms with E-state index in [1.54, 1.807) is 18.2 Å². The van der Waals surface area contributed by atoms with E-state index < -0.39 is 0 Å². The molecule has 1 aromatic heterocycles. The molecule has 1 amide bonds. The van der Waals surface area contributed by atoms with Crippen molar-refractivity contribution < 1.29 is 13.9 Å². The summed E-state index contributed by atoms with van der Waals surface area (Å²) in [7, 11) is 0. The van der Waals surface area contributed by atoms with Gasteiger partial charge in [0.05, 0.1) is 17.3 Å². The number of aromatic nitrogens is 2. The summed E-state index contributed by atoms with van der Waals surface area (Å²) in [6, 6.07) is 11.5. The van der Waals surface area contributed by atoms with Crippen LogP contribution in [-0.2, 0) is 4.74 Å². The number of aromatic amines is 1. The third-order valence-corrected chi connectivity index (χ3v) is 4.46. The third-order valence-electron chi connectivity index (χ3n) is 4.46. The molecule has 5 nitrogen and oxygen atoms in total. The van der Waals surface area contributed by atoms with Gasteiger partial charge < -0.3 is 10.1 Å². The molecule has 0 bridgehead atoms. The highest BCUT2D eigenvalue weighted by Crippen LogP contribution is 2.27. The number of ether oxygens (including phenoxy) is 1. The maximum atomic E-state index is 13.1. The summed E-state index contributed by atoms with van der Waals surface area (Å²) in [4.78, 5) is 12.4. The van der Waals surface area contributed by atoms with Crippen LogP contribution in [0.2, 0.25) is 0 Å². The first-order chi connectivity index (χ1) is 12.2. The molecule has 0 aliphatic carbocycles. The number of benzene rings is 2. The fraction of sp³-hybridized carbons (Fsp3) is 0.263. The molecule has 0 saturated carbocycles. The van der Waals surface area contributed by atoms with Crippen molar-refractivity contribution in [2.45, 2.75) is 18.9 Å². The number of fused-ring (bicyclic) bond motifs is 1. The molecule has 3 aromatic rings. The summed E-state index contributed by atoms with van der Waals surface area (Å²) in [5.41, 5.74) is 2.89. The molecule has 128 valence electrons. The minimum atomic E-state index is -0.294. The lowest BCUT2D eigenvalue weighted by Crippen LogP contribution is -2.31. The number of carbonyl (C=O) groups excluding carboxylic acids is 1. The smallest absolute Gasteiger partial charge is 0.251 e. The monoisotopic (exact) mass is 339 g/mol. The Balaban J connectivity index is 1.59. The van der Waals surface area contributed by atoms with E-state index in [2.05, 4.69) is 15.5 Å². The van der Waals surface area contributed by atoms with Gasteiger partial charge in [-0.2, -0.15) is 5.10 Å². The van der Waals surface area contributed by atoms with Gasteiger partial charge in [-0.3, -0.25) is 9.89 Å². The highest BCUT2D eigenvalue weighted by atomic mass is 19.1. The van der Waals surface area contributed by atoms with Gasteiger partial charge in [0.2, 0.25) is 0 Å². The van der Waals surface area contributed by atoms with Crippen LogP contribution in [0, 0.1) is 5.82 Å². The van der Waals surface area contributed by atoms with Crippen LogP contribution < -0.4 is 5.32 Å². The molecule has 1 aliphatic heterocycles. The zero-order valence-electron chi connectivity index (χ0n) is 13.6. The van der Waals surface area contributed by atoms with Gasteiger partial charge in [0, 0.05) is 29.7 Å². The molecule has 2 N–H and O–H groups in total. The Morgan fingerprint density at radius 3 is 2.88 bits per heavy atom. The van der Waals surface area contributed by atoms with Crippen molar-refractivity contribution in [2.24, 2.45) is 0 Å². The average molecular weight is 339 g/mol. The summed E-state index contributed by atoms with van der Waals surface area (Å²) >= 11 is 0. The first kappa shape index (κ1) is 15.8. The molecular weight excluding hydrogens is 321 g/mol. The highest BCUT2D eigenvalue weighted by Gasteiger charge is 2.17. The second-order valence-electron chi connectivity index (χ2n) is 6.18. The third kappa shape index (κ3) is 3.25. The lowest BCUT2D eigenvalue weighted by molar-refractivity contribution is 0.0858. The normalized spacial score (nSPS) is 17.1. The average Bonchev–Trinajstić information content (AvgIpc) is 3.29. The number of hydrogen-bond donors (Lipinski definition) is 2. The van der Waals surface area contributed by atoms with Crippen molar-refractivity contribution in [3.05, 3.63) is 53.8 Å². The first-order valence-corrected chi connectivity index (χ1v) is 8.34. The Morgan fingerprint density at radius 2 is 2.12 bits per heavy atom. The summed E-state index contributed by atoms with van der Waals surface area (Å²) < 4.78 is 18.7. The number of rotatable bonds is 4. The van der Waals surface area contributed by atoms with Gasteiger partial charge in [0.25, 0.3) is 5.91 Å². The van der Waals surface area contributed by atoms with Gasteiger partial charge in [-0.15, -0.1) is 0 Å². The number of H-pyrrole nitrogens is 1. The van der Waals surface area contributed by atoms with E-state index in [0.29, 0.717) is 17.8 Å². The second-order valence-corrected chi connectivity index (χ2v) is 6.18. The van der Waals surface area contributed by atoms with E-state index in [4.69, 9.17) is 4.74 Å². The fourth-order valence-electron chi connectivity index (χ4n) is 3.10. The van der Waals surface area contributed by atoms with Gasteiger partial charge in [-0.1, -0.05) is 0 Å². The molecule has 2 aromatic carbocycles. The second kappa shape index (κ2) is 6.64. The largest absolute Gasteiger partial charge is 0.376 e. The topological polar surface area (TPSA) is 67.0 Å². The van der Waals surface area contributed by atoms with E-state index >= 15 is 0 Å². The number of nitrogens with one attached hydrogen (secondary N) is 2. The SMILES string of the molecule is O=C(NCC1CCCO1)c1ccc2[nH]nc(-c3ccc(F)cc3)c2c1. The molecule has 1 atom stereocenters. The molecule has 1 fully saturated rings. The maximum Gasteiger partial charge on any atom is 0.251 e. The predicted octanol–water partition coefficient (Wildman–Crippen LogP) is 3.28. The van der Waals surface area contributed by atoms with Crippen molar-refractivity contribution >= 4 is 16.8 Å². The standard InChI is InChI=1S/C19H18FN3O2/c20-14-6-3-12(4-7-14)18-16-10-13(5-8-17(16)22-23-18)19(24)21-11-15-2-1-9-25-15/h3-8,10,15H,1-2,9,11H2,(H,21,24)(H,22,23). The molecule has 4 rings (SSSR count). The van der Waals surface area contributed by atoms with Gasteiger partial charge in [-0.25, -0.2) is 4.39 Å². The lowest BCUT2D eigenvalue weighted by atomic mass is 10.1. The molecular formula is C19H18FN3O2. The quantitative estimate of drug-likeness (QED) is 0.766. The van der Waals surface area contributed by atoms with E-state index in [-0.39, 0.29) is 17.8 Å². The van der Waals surface area contributed by atoms with Crippen molar-refractivity contribution in [3.8, 4) is 11.3 Å². The van der Waals surface area contributed by atoms with Crippen molar-refractivity contribution in [1.29, 1.82) is 0 Å². The van der Waals surface area contributed by atoms with Gasteiger partial charge in [0.1, 0.15) is 5.82 Å². The van der Waals surface area contributed by atoms with Gasteiger partial charge in [-0.05, 0) is 55.3 Å². The zero-order valence-corrected chi connectivity index (χ0v) is 13.6. The van der Waals surface area contributed by atoms with Crippen LogP contribution in [0.3, 0.4) is 0 Å². The fourth-order valence-corrected chi connectivity index (χ4v) is 3.10. The Kier molecular flexibility index (Phi) is 4.19. The van der Waals surface area contributed by atoms with Crippen LogP contribution >= 0.6 is 0 Å². The molecule has 0 spiro atoms. The first-order valence-electron chi connectivity index (χ1n) is 8.34. The summed E-state index contributed by atoms with van der Waals surface area (Å²) in [5.74, 6) is -0.429. The Labute approximate surface area is 144 Å². The molecule has 1 saturated heterocycles.